The largest absolute Gasteiger partial charge is 0.480 e. The van der Waals surface area contributed by atoms with Crippen LogP contribution in [-0.4, -0.2) is 22.1 Å². The molecule has 0 bridgehead atoms. The molecule has 106 valence electrons. The molecule has 4 heteroatoms. The summed E-state index contributed by atoms with van der Waals surface area (Å²) < 4.78 is 0. The lowest BCUT2D eigenvalue weighted by atomic mass is 10.0. The van der Waals surface area contributed by atoms with Gasteiger partial charge in [0.05, 0.1) is 0 Å². The van der Waals surface area contributed by atoms with Crippen LogP contribution >= 0.6 is 0 Å². The Hall–Kier alpha value is -2.59. The van der Waals surface area contributed by atoms with Crippen molar-refractivity contribution in [2.75, 3.05) is 0 Å². The van der Waals surface area contributed by atoms with Gasteiger partial charge in [-0.05, 0) is 29.7 Å². The van der Waals surface area contributed by atoms with E-state index in [1.165, 1.54) is 5.39 Å². The van der Waals surface area contributed by atoms with Crippen molar-refractivity contribution in [3.05, 3.63) is 60.2 Å². The van der Waals surface area contributed by atoms with E-state index >= 15 is 0 Å². The second-order valence-electron chi connectivity index (χ2n) is 5.12. The molecule has 0 fully saturated rings. The molecule has 0 spiro atoms. The number of carboxylic acids is 1. The summed E-state index contributed by atoms with van der Waals surface area (Å²) >= 11 is 0. The SMILES string of the molecule is NC(Cc1ccc(-c2cc3ccccc3[nH]2)cc1)C(=O)O. The first kappa shape index (κ1) is 13.4. The highest BCUT2D eigenvalue weighted by molar-refractivity contribution is 5.85. The molecular formula is C17H16N2O2. The maximum absolute atomic E-state index is 10.8. The average Bonchev–Trinajstić information content (AvgIpc) is 2.91. The summed E-state index contributed by atoms with van der Waals surface area (Å²) in [5.41, 5.74) is 9.68. The predicted molar refractivity (Wildman–Crippen MR) is 83.0 cm³/mol. The maximum Gasteiger partial charge on any atom is 0.320 e. The van der Waals surface area contributed by atoms with Crippen molar-refractivity contribution in [1.29, 1.82) is 0 Å². The Morgan fingerprint density at radius 1 is 1.14 bits per heavy atom. The van der Waals surface area contributed by atoms with E-state index in [-0.39, 0.29) is 0 Å². The van der Waals surface area contributed by atoms with Crippen molar-refractivity contribution < 1.29 is 9.90 Å². The number of aromatic amines is 1. The van der Waals surface area contributed by atoms with Crippen LogP contribution in [0.3, 0.4) is 0 Å². The Kier molecular flexibility index (Phi) is 3.46. The van der Waals surface area contributed by atoms with E-state index in [2.05, 4.69) is 17.1 Å². The molecule has 0 saturated heterocycles. The van der Waals surface area contributed by atoms with E-state index in [4.69, 9.17) is 10.8 Å². The molecule has 0 radical (unpaired) electrons. The number of nitrogens with one attached hydrogen (secondary N) is 1. The van der Waals surface area contributed by atoms with Gasteiger partial charge in [-0.2, -0.15) is 0 Å². The summed E-state index contributed by atoms with van der Waals surface area (Å²) in [6, 6.07) is 17.2. The number of carboxylic acid groups (broad SMARTS) is 1. The van der Waals surface area contributed by atoms with E-state index in [0.717, 1.165) is 22.3 Å². The first-order valence-electron chi connectivity index (χ1n) is 6.79. The van der Waals surface area contributed by atoms with Crippen LogP contribution in [-0.2, 0) is 11.2 Å². The Bertz CT molecular complexity index is 742. The van der Waals surface area contributed by atoms with Crippen LogP contribution in [0.4, 0.5) is 0 Å². The van der Waals surface area contributed by atoms with E-state index < -0.39 is 12.0 Å². The minimum Gasteiger partial charge on any atom is -0.480 e. The highest BCUT2D eigenvalue weighted by Gasteiger charge is 2.12. The third-order valence-electron chi connectivity index (χ3n) is 3.57. The Morgan fingerprint density at radius 3 is 2.52 bits per heavy atom. The van der Waals surface area contributed by atoms with Gasteiger partial charge in [0, 0.05) is 16.6 Å². The molecule has 4 nitrogen and oxygen atoms in total. The monoisotopic (exact) mass is 280 g/mol. The number of aromatic nitrogens is 1. The van der Waals surface area contributed by atoms with Crippen molar-refractivity contribution in [2.45, 2.75) is 12.5 Å². The van der Waals surface area contributed by atoms with E-state index in [1.807, 2.05) is 42.5 Å². The zero-order valence-electron chi connectivity index (χ0n) is 11.4. The third kappa shape index (κ3) is 2.80. The van der Waals surface area contributed by atoms with E-state index in [9.17, 15) is 4.79 Å². The first-order chi connectivity index (χ1) is 10.1. The van der Waals surface area contributed by atoms with Crippen molar-refractivity contribution in [2.24, 2.45) is 5.73 Å². The lowest BCUT2D eigenvalue weighted by Gasteiger charge is -2.07. The summed E-state index contributed by atoms with van der Waals surface area (Å²) in [6.07, 6.45) is 0.336. The van der Waals surface area contributed by atoms with E-state index in [0.29, 0.717) is 6.42 Å². The number of para-hydroxylation sites is 1. The molecule has 3 rings (SSSR count). The quantitative estimate of drug-likeness (QED) is 0.687. The highest BCUT2D eigenvalue weighted by atomic mass is 16.4. The molecule has 3 aromatic rings. The summed E-state index contributed by atoms with van der Waals surface area (Å²) in [6.45, 7) is 0. The number of hydrogen-bond acceptors (Lipinski definition) is 2. The molecular weight excluding hydrogens is 264 g/mol. The Labute approximate surface area is 122 Å². The predicted octanol–water partition coefficient (Wildman–Crippen LogP) is 2.79. The van der Waals surface area contributed by atoms with Crippen LogP contribution < -0.4 is 5.73 Å². The smallest absolute Gasteiger partial charge is 0.320 e. The topological polar surface area (TPSA) is 79.1 Å². The van der Waals surface area contributed by atoms with Crippen molar-refractivity contribution in [3.63, 3.8) is 0 Å². The van der Waals surface area contributed by atoms with Gasteiger partial charge < -0.3 is 15.8 Å². The van der Waals surface area contributed by atoms with Gasteiger partial charge in [-0.1, -0.05) is 42.5 Å². The normalized spacial score (nSPS) is 12.4. The van der Waals surface area contributed by atoms with Gasteiger partial charge in [0.25, 0.3) is 0 Å². The number of aliphatic carboxylic acids is 1. The third-order valence-corrected chi connectivity index (χ3v) is 3.57. The zero-order chi connectivity index (χ0) is 14.8. The molecule has 0 aliphatic rings. The average molecular weight is 280 g/mol. The molecule has 0 saturated carbocycles. The summed E-state index contributed by atoms with van der Waals surface area (Å²) in [7, 11) is 0. The lowest BCUT2D eigenvalue weighted by molar-refractivity contribution is -0.138. The number of rotatable bonds is 4. The molecule has 1 unspecified atom stereocenters. The van der Waals surface area contributed by atoms with Crippen molar-refractivity contribution in [1.82, 2.24) is 4.98 Å². The van der Waals surface area contributed by atoms with Crippen LogP contribution in [0.5, 0.6) is 0 Å². The Balaban J connectivity index is 1.85. The molecule has 0 amide bonds. The maximum atomic E-state index is 10.8. The molecule has 1 heterocycles. The Morgan fingerprint density at radius 2 is 1.86 bits per heavy atom. The summed E-state index contributed by atoms with van der Waals surface area (Å²) in [5.74, 6) is -0.977. The number of carbonyl (C=O) groups is 1. The summed E-state index contributed by atoms with van der Waals surface area (Å²) in [4.78, 5) is 14.1. The standard InChI is InChI=1S/C17H16N2O2/c18-14(17(20)21)9-11-5-7-12(8-6-11)16-10-13-3-1-2-4-15(13)19-16/h1-8,10,14,19H,9,18H2,(H,20,21). The second kappa shape index (κ2) is 5.42. The number of benzene rings is 2. The fraction of sp³-hybridized carbons (Fsp3) is 0.118. The molecule has 4 N–H and O–H groups in total. The minimum atomic E-state index is -0.977. The number of fused-ring (bicyclic) bond motifs is 1. The van der Waals surface area contributed by atoms with Crippen LogP contribution in [0.15, 0.2) is 54.6 Å². The number of hydrogen-bond donors (Lipinski definition) is 3. The molecule has 1 atom stereocenters. The highest BCUT2D eigenvalue weighted by Crippen LogP contribution is 2.24. The zero-order valence-corrected chi connectivity index (χ0v) is 11.4. The molecule has 1 aromatic heterocycles. The van der Waals surface area contributed by atoms with Gasteiger partial charge in [0.1, 0.15) is 6.04 Å². The van der Waals surface area contributed by atoms with Crippen molar-refractivity contribution in [3.8, 4) is 11.3 Å². The molecule has 2 aromatic carbocycles. The molecule has 0 aliphatic heterocycles. The number of H-pyrrole nitrogens is 1. The first-order valence-corrected chi connectivity index (χ1v) is 6.79. The van der Waals surface area contributed by atoms with Crippen LogP contribution in [0.25, 0.3) is 22.2 Å². The van der Waals surface area contributed by atoms with Gasteiger partial charge in [-0.3, -0.25) is 4.79 Å². The van der Waals surface area contributed by atoms with E-state index in [1.54, 1.807) is 0 Å². The lowest BCUT2D eigenvalue weighted by Crippen LogP contribution is -2.32. The van der Waals surface area contributed by atoms with Crippen LogP contribution in [0.2, 0.25) is 0 Å². The minimum absolute atomic E-state index is 0.336. The molecule has 0 aliphatic carbocycles. The van der Waals surface area contributed by atoms with Gasteiger partial charge >= 0.3 is 5.97 Å². The fourth-order valence-corrected chi connectivity index (χ4v) is 2.39. The number of nitrogens with two attached hydrogens (primary N) is 1. The van der Waals surface area contributed by atoms with Gasteiger partial charge in [-0.15, -0.1) is 0 Å². The van der Waals surface area contributed by atoms with Crippen molar-refractivity contribution >= 4 is 16.9 Å². The van der Waals surface area contributed by atoms with Crippen LogP contribution in [0, 0.1) is 0 Å². The van der Waals surface area contributed by atoms with Gasteiger partial charge in [-0.25, -0.2) is 0 Å². The molecule has 21 heavy (non-hydrogen) atoms. The van der Waals surface area contributed by atoms with Gasteiger partial charge in [0.2, 0.25) is 0 Å². The van der Waals surface area contributed by atoms with Crippen LogP contribution in [0.1, 0.15) is 5.56 Å². The fourth-order valence-electron chi connectivity index (χ4n) is 2.39. The summed E-state index contributed by atoms with van der Waals surface area (Å²) in [5, 5.41) is 10.00. The second-order valence-corrected chi connectivity index (χ2v) is 5.12. The van der Waals surface area contributed by atoms with Gasteiger partial charge in [0.15, 0.2) is 0 Å².